The van der Waals surface area contributed by atoms with Gasteiger partial charge in [0.2, 0.25) is 0 Å². The first-order chi connectivity index (χ1) is 14.5. The van der Waals surface area contributed by atoms with Crippen LogP contribution in [0.1, 0.15) is 37.8 Å². The number of nitrogens with zero attached hydrogens (tertiary/aromatic N) is 2. The van der Waals surface area contributed by atoms with Crippen LogP contribution in [0.25, 0.3) is 21.8 Å². The number of nitrogens with two attached hydrogens (primary N) is 1. The summed E-state index contributed by atoms with van der Waals surface area (Å²) in [6.07, 6.45) is 3.31. The third-order valence-electron chi connectivity index (χ3n) is 5.36. The van der Waals surface area contributed by atoms with Crippen molar-refractivity contribution >= 4 is 38.9 Å². The molecular formula is C27H27N3. The first kappa shape index (κ1) is 19.8. The molecule has 30 heavy (non-hydrogen) atoms. The summed E-state index contributed by atoms with van der Waals surface area (Å²) in [7, 11) is 0. The molecular weight excluding hydrogens is 366 g/mol. The van der Waals surface area contributed by atoms with Crippen LogP contribution >= 0.6 is 0 Å². The molecule has 0 atom stereocenters. The summed E-state index contributed by atoms with van der Waals surface area (Å²) in [6, 6.07) is 22.8. The molecule has 0 fully saturated rings. The van der Waals surface area contributed by atoms with Crippen molar-refractivity contribution in [3.8, 4) is 0 Å². The van der Waals surface area contributed by atoms with Gasteiger partial charge in [-0.3, -0.25) is 4.99 Å². The number of hydrogen-bond acceptors (Lipinski definition) is 3. The Morgan fingerprint density at radius 1 is 0.900 bits per heavy atom. The van der Waals surface area contributed by atoms with Gasteiger partial charge in [-0.05, 0) is 74.6 Å². The van der Waals surface area contributed by atoms with Crippen molar-refractivity contribution in [1.29, 1.82) is 0 Å². The van der Waals surface area contributed by atoms with Crippen molar-refractivity contribution in [2.75, 3.05) is 5.73 Å². The molecule has 2 N–H and O–H groups in total. The highest BCUT2D eigenvalue weighted by atomic mass is 14.8. The highest BCUT2D eigenvalue weighted by Crippen LogP contribution is 2.25. The summed E-state index contributed by atoms with van der Waals surface area (Å²) >= 11 is 0. The fourth-order valence-corrected chi connectivity index (χ4v) is 3.66. The molecule has 3 aromatic carbocycles. The van der Waals surface area contributed by atoms with Crippen LogP contribution in [0.2, 0.25) is 0 Å². The van der Waals surface area contributed by atoms with Crippen molar-refractivity contribution in [2.45, 2.75) is 33.1 Å². The maximum Gasteiger partial charge on any atom is 0.0731 e. The largest absolute Gasteiger partial charge is 0.399 e. The number of aryl methyl sites for hydroxylation is 1. The van der Waals surface area contributed by atoms with E-state index in [0.29, 0.717) is 0 Å². The van der Waals surface area contributed by atoms with Crippen LogP contribution in [0.5, 0.6) is 0 Å². The molecule has 4 rings (SSSR count). The Hall–Kier alpha value is -3.46. The zero-order chi connectivity index (χ0) is 21.1. The molecule has 0 unspecified atom stereocenters. The molecule has 0 aliphatic heterocycles. The lowest BCUT2D eigenvalue weighted by molar-refractivity contribution is 0.814. The first-order valence-electron chi connectivity index (χ1n) is 10.4. The van der Waals surface area contributed by atoms with Gasteiger partial charge in [-0.25, -0.2) is 4.98 Å². The van der Waals surface area contributed by atoms with E-state index in [1.54, 1.807) is 0 Å². The van der Waals surface area contributed by atoms with Crippen LogP contribution in [0.3, 0.4) is 0 Å². The lowest BCUT2D eigenvalue weighted by Gasteiger charge is -2.06. The maximum atomic E-state index is 5.91. The van der Waals surface area contributed by atoms with E-state index in [2.05, 4.69) is 56.8 Å². The SMILES string of the molecule is C=C(C)CCCc1ccc(C(C)=Nc2ccc3cc4ccc(N)cc4nc3c2)cc1. The molecule has 4 aromatic rings. The van der Waals surface area contributed by atoms with Crippen LogP contribution in [0.4, 0.5) is 11.4 Å². The Kier molecular flexibility index (Phi) is 5.62. The van der Waals surface area contributed by atoms with Crippen molar-refractivity contribution in [2.24, 2.45) is 4.99 Å². The van der Waals surface area contributed by atoms with E-state index in [9.17, 15) is 0 Å². The minimum Gasteiger partial charge on any atom is -0.399 e. The summed E-state index contributed by atoms with van der Waals surface area (Å²) in [5.41, 5.74) is 14.1. The number of aliphatic imine (C=N–C) groups is 1. The van der Waals surface area contributed by atoms with Crippen molar-refractivity contribution < 1.29 is 0 Å². The van der Waals surface area contributed by atoms with Gasteiger partial charge in [0, 0.05) is 22.2 Å². The number of nitrogen functional groups attached to an aromatic ring is 1. The Bertz CT molecular complexity index is 1250. The van der Waals surface area contributed by atoms with E-state index in [4.69, 9.17) is 15.7 Å². The molecule has 0 aliphatic carbocycles. The van der Waals surface area contributed by atoms with Crippen molar-refractivity contribution in [3.63, 3.8) is 0 Å². The van der Waals surface area contributed by atoms with Gasteiger partial charge in [-0.2, -0.15) is 0 Å². The zero-order valence-electron chi connectivity index (χ0n) is 17.7. The lowest BCUT2D eigenvalue weighted by Crippen LogP contribution is -1.95. The van der Waals surface area contributed by atoms with Gasteiger partial charge >= 0.3 is 0 Å². The highest BCUT2D eigenvalue weighted by Gasteiger charge is 2.04. The minimum atomic E-state index is 0.724. The molecule has 150 valence electrons. The summed E-state index contributed by atoms with van der Waals surface area (Å²) in [6.45, 7) is 8.11. The molecule has 0 amide bonds. The van der Waals surface area contributed by atoms with Gasteiger partial charge in [0.25, 0.3) is 0 Å². The predicted molar refractivity (Wildman–Crippen MR) is 130 cm³/mol. The molecule has 0 radical (unpaired) electrons. The molecule has 0 saturated carbocycles. The van der Waals surface area contributed by atoms with Gasteiger partial charge in [0.15, 0.2) is 0 Å². The first-order valence-corrected chi connectivity index (χ1v) is 10.4. The Morgan fingerprint density at radius 2 is 1.60 bits per heavy atom. The van der Waals surface area contributed by atoms with E-state index in [0.717, 1.165) is 63.7 Å². The zero-order valence-corrected chi connectivity index (χ0v) is 17.7. The fraction of sp³-hybridized carbons (Fsp3) is 0.185. The number of fused-ring (bicyclic) bond motifs is 2. The van der Waals surface area contributed by atoms with Gasteiger partial charge in [-0.15, -0.1) is 6.58 Å². The summed E-state index contributed by atoms with van der Waals surface area (Å²) < 4.78 is 0. The van der Waals surface area contributed by atoms with E-state index in [1.807, 2.05) is 30.3 Å². The van der Waals surface area contributed by atoms with E-state index in [1.165, 1.54) is 11.1 Å². The van der Waals surface area contributed by atoms with Crippen molar-refractivity contribution in [1.82, 2.24) is 4.98 Å². The third-order valence-corrected chi connectivity index (χ3v) is 5.36. The monoisotopic (exact) mass is 393 g/mol. The predicted octanol–water partition coefficient (Wildman–Crippen LogP) is 7.01. The molecule has 0 aliphatic rings. The highest BCUT2D eigenvalue weighted by molar-refractivity contribution is 6.01. The average Bonchev–Trinajstić information content (AvgIpc) is 2.72. The average molecular weight is 394 g/mol. The van der Waals surface area contributed by atoms with Gasteiger partial charge < -0.3 is 5.73 Å². The molecule has 3 heteroatoms. The van der Waals surface area contributed by atoms with Crippen LogP contribution in [-0.4, -0.2) is 10.7 Å². The molecule has 0 saturated heterocycles. The number of allylic oxidation sites excluding steroid dienone is 1. The van der Waals surface area contributed by atoms with Crippen LogP contribution < -0.4 is 5.73 Å². The van der Waals surface area contributed by atoms with E-state index < -0.39 is 0 Å². The Labute approximate surface area is 178 Å². The number of hydrogen-bond donors (Lipinski definition) is 1. The molecule has 3 nitrogen and oxygen atoms in total. The normalized spacial score (nSPS) is 11.9. The molecule has 0 bridgehead atoms. The Balaban J connectivity index is 1.57. The number of anilines is 1. The van der Waals surface area contributed by atoms with Crippen LogP contribution in [0, 0.1) is 0 Å². The molecule has 1 aromatic heterocycles. The van der Waals surface area contributed by atoms with Gasteiger partial charge in [0.1, 0.15) is 0 Å². The molecule has 1 heterocycles. The summed E-state index contributed by atoms with van der Waals surface area (Å²) in [4.78, 5) is 9.61. The number of pyridine rings is 1. The smallest absolute Gasteiger partial charge is 0.0731 e. The van der Waals surface area contributed by atoms with Gasteiger partial charge in [0.05, 0.1) is 16.7 Å². The fourth-order valence-electron chi connectivity index (χ4n) is 3.66. The Morgan fingerprint density at radius 3 is 2.33 bits per heavy atom. The van der Waals surface area contributed by atoms with E-state index in [-0.39, 0.29) is 0 Å². The number of rotatable bonds is 6. The van der Waals surface area contributed by atoms with E-state index >= 15 is 0 Å². The summed E-state index contributed by atoms with van der Waals surface area (Å²) in [5, 5.41) is 2.19. The third kappa shape index (κ3) is 4.57. The second-order valence-corrected chi connectivity index (χ2v) is 8.02. The minimum absolute atomic E-state index is 0.724. The topological polar surface area (TPSA) is 51.3 Å². The van der Waals surface area contributed by atoms with Crippen LogP contribution in [-0.2, 0) is 6.42 Å². The number of aromatic nitrogens is 1. The van der Waals surface area contributed by atoms with Crippen molar-refractivity contribution in [3.05, 3.63) is 90.0 Å². The van der Waals surface area contributed by atoms with Crippen LogP contribution in [0.15, 0.2) is 83.9 Å². The quantitative estimate of drug-likeness (QED) is 0.166. The second-order valence-electron chi connectivity index (χ2n) is 8.02. The lowest BCUT2D eigenvalue weighted by atomic mass is 10.0. The van der Waals surface area contributed by atoms with Gasteiger partial charge in [-0.1, -0.05) is 42.0 Å². The molecule has 0 spiro atoms. The standard InChI is InChI=1S/C27H27N3/c1-18(2)5-4-6-20-7-9-21(10-8-20)19(3)29-25-14-12-23-15-22-11-13-24(28)16-26(22)30-27(23)17-25/h7-17H,1,4-6,28H2,2-3H3. The maximum absolute atomic E-state index is 5.91. The summed E-state index contributed by atoms with van der Waals surface area (Å²) in [5.74, 6) is 0. The number of benzene rings is 3. The second kappa shape index (κ2) is 8.50.